The molecule has 0 saturated heterocycles. The first-order valence-electron chi connectivity index (χ1n) is 6.80. The molecule has 0 unspecified atom stereocenters. The first-order chi connectivity index (χ1) is 8.99. The molecule has 0 atom stereocenters. The van der Waals surface area contributed by atoms with Crippen molar-refractivity contribution < 1.29 is 0 Å². The summed E-state index contributed by atoms with van der Waals surface area (Å²) in [7, 11) is 0. The summed E-state index contributed by atoms with van der Waals surface area (Å²) in [5.41, 5.74) is 4.31. The molecule has 102 valence electrons. The maximum atomic E-state index is 3.60. The summed E-state index contributed by atoms with van der Waals surface area (Å²) >= 11 is 1.84. The normalized spacial score (nSPS) is 11.8. The monoisotopic (exact) mass is 273 g/mol. The number of nitrogens with one attached hydrogen (secondary N) is 1. The fraction of sp³-hybridized carbons (Fsp3) is 0.412. The Morgan fingerprint density at radius 1 is 1.16 bits per heavy atom. The van der Waals surface area contributed by atoms with Crippen LogP contribution in [-0.4, -0.2) is 6.54 Å². The second-order valence-electron chi connectivity index (χ2n) is 5.89. The van der Waals surface area contributed by atoms with Crippen LogP contribution < -0.4 is 5.32 Å². The lowest BCUT2D eigenvalue weighted by Gasteiger charge is -2.24. The fourth-order valence-corrected chi connectivity index (χ4v) is 3.10. The Morgan fingerprint density at radius 2 is 1.95 bits per heavy atom. The lowest BCUT2D eigenvalue weighted by atomic mass is 9.91. The molecule has 0 saturated carbocycles. The van der Waals surface area contributed by atoms with E-state index in [9.17, 15) is 0 Å². The van der Waals surface area contributed by atoms with Crippen molar-refractivity contribution in [1.82, 2.24) is 5.32 Å². The second kappa shape index (κ2) is 5.89. The average molecular weight is 273 g/mol. The molecule has 0 aliphatic heterocycles. The van der Waals surface area contributed by atoms with Crippen molar-refractivity contribution in [2.75, 3.05) is 6.54 Å². The molecule has 0 radical (unpaired) electrons. The summed E-state index contributed by atoms with van der Waals surface area (Å²) < 4.78 is 0. The molecule has 2 aromatic rings. The van der Waals surface area contributed by atoms with Gasteiger partial charge in [-0.2, -0.15) is 0 Å². The largest absolute Gasteiger partial charge is 0.312 e. The Morgan fingerprint density at radius 3 is 2.63 bits per heavy atom. The van der Waals surface area contributed by atoms with Gasteiger partial charge in [0.2, 0.25) is 0 Å². The SMILES string of the molecule is Cc1ccc(C)c(CNCC(C)(C)c2cccs2)c1. The number of aryl methyl sites for hydroxylation is 2. The maximum Gasteiger partial charge on any atom is 0.0208 e. The topological polar surface area (TPSA) is 12.0 Å². The minimum Gasteiger partial charge on any atom is -0.312 e. The zero-order valence-electron chi connectivity index (χ0n) is 12.3. The van der Waals surface area contributed by atoms with E-state index >= 15 is 0 Å². The molecule has 0 aliphatic carbocycles. The number of thiophene rings is 1. The van der Waals surface area contributed by atoms with E-state index in [1.807, 2.05) is 11.3 Å². The highest BCUT2D eigenvalue weighted by Crippen LogP contribution is 2.26. The molecule has 1 aromatic carbocycles. The quantitative estimate of drug-likeness (QED) is 0.849. The van der Waals surface area contributed by atoms with E-state index in [2.05, 4.69) is 68.7 Å². The fourth-order valence-electron chi connectivity index (χ4n) is 2.25. The van der Waals surface area contributed by atoms with Gasteiger partial charge in [0.15, 0.2) is 0 Å². The standard InChI is InChI=1S/C17H23NS/c1-13-7-8-14(2)15(10-13)11-18-12-17(3,4)16-6-5-9-19-16/h5-10,18H,11-12H2,1-4H3. The minimum absolute atomic E-state index is 0.200. The van der Waals surface area contributed by atoms with Crippen molar-refractivity contribution >= 4 is 11.3 Å². The summed E-state index contributed by atoms with van der Waals surface area (Å²) in [6.07, 6.45) is 0. The van der Waals surface area contributed by atoms with Crippen LogP contribution in [0.25, 0.3) is 0 Å². The molecule has 2 heteroatoms. The Hall–Kier alpha value is -1.12. The molecule has 0 aliphatic rings. The lowest BCUT2D eigenvalue weighted by Crippen LogP contribution is -2.32. The van der Waals surface area contributed by atoms with Gasteiger partial charge in [0.05, 0.1) is 0 Å². The molecule has 1 N–H and O–H groups in total. The van der Waals surface area contributed by atoms with Gasteiger partial charge in [-0.1, -0.05) is 43.7 Å². The highest BCUT2D eigenvalue weighted by molar-refractivity contribution is 7.10. The average Bonchev–Trinajstić information content (AvgIpc) is 2.88. The molecule has 1 aromatic heterocycles. The molecular weight excluding hydrogens is 250 g/mol. The van der Waals surface area contributed by atoms with Gasteiger partial charge in [0.1, 0.15) is 0 Å². The third kappa shape index (κ3) is 3.68. The van der Waals surface area contributed by atoms with Crippen molar-refractivity contribution in [2.45, 2.75) is 39.7 Å². The summed E-state index contributed by atoms with van der Waals surface area (Å²) in [6.45, 7) is 10.9. The van der Waals surface area contributed by atoms with Crippen molar-refractivity contribution in [2.24, 2.45) is 0 Å². The summed E-state index contributed by atoms with van der Waals surface area (Å²) in [6, 6.07) is 11.0. The molecule has 19 heavy (non-hydrogen) atoms. The van der Waals surface area contributed by atoms with Crippen LogP contribution in [0.4, 0.5) is 0 Å². The van der Waals surface area contributed by atoms with Gasteiger partial charge in [0, 0.05) is 23.4 Å². The highest BCUT2D eigenvalue weighted by Gasteiger charge is 2.20. The van der Waals surface area contributed by atoms with Crippen molar-refractivity contribution in [3.63, 3.8) is 0 Å². The smallest absolute Gasteiger partial charge is 0.0208 e. The van der Waals surface area contributed by atoms with Gasteiger partial charge in [-0.3, -0.25) is 0 Å². The van der Waals surface area contributed by atoms with Crippen LogP contribution in [0.2, 0.25) is 0 Å². The van der Waals surface area contributed by atoms with Gasteiger partial charge in [-0.05, 0) is 36.4 Å². The first-order valence-corrected chi connectivity index (χ1v) is 7.68. The molecule has 0 bridgehead atoms. The number of rotatable bonds is 5. The van der Waals surface area contributed by atoms with Crippen LogP contribution in [0.1, 0.15) is 35.4 Å². The third-order valence-electron chi connectivity index (χ3n) is 3.58. The maximum absolute atomic E-state index is 3.60. The number of hydrogen-bond acceptors (Lipinski definition) is 2. The minimum atomic E-state index is 0.200. The van der Waals surface area contributed by atoms with Crippen LogP contribution in [-0.2, 0) is 12.0 Å². The molecular formula is C17H23NS. The van der Waals surface area contributed by atoms with Crippen molar-refractivity contribution in [3.8, 4) is 0 Å². The Labute approximate surface area is 120 Å². The molecule has 1 nitrogen and oxygen atoms in total. The molecule has 0 fully saturated rings. The van der Waals surface area contributed by atoms with E-state index in [0.29, 0.717) is 0 Å². The predicted octanol–water partition coefficient (Wildman–Crippen LogP) is 4.43. The predicted molar refractivity (Wildman–Crippen MR) is 85.0 cm³/mol. The first kappa shape index (κ1) is 14.3. The van der Waals surface area contributed by atoms with Gasteiger partial charge in [0.25, 0.3) is 0 Å². The van der Waals surface area contributed by atoms with E-state index in [4.69, 9.17) is 0 Å². The highest BCUT2D eigenvalue weighted by atomic mass is 32.1. The molecule has 2 rings (SSSR count). The zero-order valence-corrected chi connectivity index (χ0v) is 13.1. The van der Waals surface area contributed by atoms with Gasteiger partial charge >= 0.3 is 0 Å². The Bertz CT molecular complexity index is 526. The Kier molecular flexibility index (Phi) is 4.43. The summed E-state index contributed by atoms with van der Waals surface area (Å²) in [5, 5.41) is 5.76. The summed E-state index contributed by atoms with van der Waals surface area (Å²) in [5.74, 6) is 0. The molecule has 0 spiro atoms. The zero-order chi connectivity index (χ0) is 13.9. The van der Waals surface area contributed by atoms with Crippen LogP contribution in [0.5, 0.6) is 0 Å². The van der Waals surface area contributed by atoms with E-state index in [1.54, 1.807) is 0 Å². The second-order valence-corrected chi connectivity index (χ2v) is 6.84. The lowest BCUT2D eigenvalue weighted by molar-refractivity contribution is 0.476. The Balaban J connectivity index is 1.95. The van der Waals surface area contributed by atoms with E-state index in [0.717, 1.165) is 13.1 Å². The number of hydrogen-bond donors (Lipinski definition) is 1. The van der Waals surface area contributed by atoms with E-state index in [-0.39, 0.29) is 5.41 Å². The third-order valence-corrected chi connectivity index (χ3v) is 4.81. The van der Waals surface area contributed by atoms with Gasteiger partial charge in [-0.25, -0.2) is 0 Å². The van der Waals surface area contributed by atoms with Crippen LogP contribution in [0.15, 0.2) is 35.7 Å². The molecule has 0 amide bonds. The number of benzene rings is 1. The van der Waals surface area contributed by atoms with E-state index in [1.165, 1.54) is 21.6 Å². The van der Waals surface area contributed by atoms with Crippen molar-refractivity contribution in [3.05, 3.63) is 57.3 Å². The summed E-state index contributed by atoms with van der Waals surface area (Å²) in [4.78, 5) is 1.45. The van der Waals surface area contributed by atoms with E-state index < -0.39 is 0 Å². The van der Waals surface area contributed by atoms with Crippen LogP contribution >= 0.6 is 11.3 Å². The van der Waals surface area contributed by atoms with Crippen molar-refractivity contribution in [1.29, 1.82) is 0 Å². The van der Waals surface area contributed by atoms with Crippen LogP contribution in [0, 0.1) is 13.8 Å². The van der Waals surface area contributed by atoms with Gasteiger partial charge in [-0.15, -0.1) is 11.3 Å². The molecule has 1 heterocycles. The van der Waals surface area contributed by atoms with Gasteiger partial charge < -0.3 is 5.32 Å². The van der Waals surface area contributed by atoms with Crippen LogP contribution in [0.3, 0.4) is 0 Å².